The molecule has 1 saturated carbocycles. The van der Waals surface area contributed by atoms with Crippen LogP contribution in [0.15, 0.2) is 0 Å². The predicted molar refractivity (Wildman–Crippen MR) is 97.6 cm³/mol. The smallest absolute Gasteiger partial charge is 0.166 e. The second-order valence-corrected chi connectivity index (χ2v) is 7.52. The highest BCUT2D eigenvalue weighted by molar-refractivity contribution is 7.80. The Morgan fingerprint density at radius 3 is 2.10 bits per heavy atom. The van der Waals surface area contributed by atoms with E-state index in [0.29, 0.717) is 12.1 Å². The fourth-order valence-corrected chi connectivity index (χ4v) is 4.26. The minimum absolute atomic E-state index is 0.408. The van der Waals surface area contributed by atoms with E-state index in [1.54, 1.807) is 0 Å². The van der Waals surface area contributed by atoms with Crippen LogP contribution in [0.5, 0.6) is 0 Å². The third-order valence-corrected chi connectivity index (χ3v) is 5.26. The first-order valence-electron chi connectivity index (χ1n) is 9.08. The van der Waals surface area contributed by atoms with Gasteiger partial charge in [0.15, 0.2) is 5.11 Å². The third-order valence-electron chi connectivity index (χ3n) is 5.02. The van der Waals surface area contributed by atoms with E-state index in [1.165, 1.54) is 44.9 Å². The van der Waals surface area contributed by atoms with Crippen LogP contribution in [0.25, 0.3) is 0 Å². The summed E-state index contributed by atoms with van der Waals surface area (Å²) in [6.07, 6.45) is 9.44. The van der Waals surface area contributed by atoms with Gasteiger partial charge in [0.25, 0.3) is 0 Å². The first kappa shape index (κ1) is 18.7. The molecule has 1 aliphatic rings. The Morgan fingerprint density at radius 1 is 1.10 bits per heavy atom. The Bertz CT molecular complexity index is 290. The van der Waals surface area contributed by atoms with Crippen LogP contribution in [0.4, 0.5) is 0 Å². The lowest BCUT2D eigenvalue weighted by Crippen LogP contribution is -2.52. The van der Waals surface area contributed by atoms with Crippen LogP contribution < -0.4 is 10.6 Å². The molecule has 0 heterocycles. The standard InChI is InChI=1S/C18H36N2S/c1-6-9-10-14-11-15(7-2)17(16(8-3)12-14)20-18(21)19-13(4)5/h13-17H,6-12H2,1-5H3,(H2,19,20,21). The van der Waals surface area contributed by atoms with Crippen molar-refractivity contribution in [2.24, 2.45) is 17.8 Å². The highest BCUT2D eigenvalue weighted by Crippen LogP contribution is 2.39. The summed E-state index contributed by atoms with van der Waals surface area (Å²) in [4.78, 5) is 0. The van der Waals surface area contributed by atoms with Gasteiger partial charge in [0.2, 0.25) is 0 Å². The van der Waals surface area contributed by atoms with Crippen molar-refractivity contribution in [2.45, 2.75) is 91.6 Å². The molecule has 2 nitrogen and oxygen atoms in total. The number of unbranched alkanes of at least 4 members (excludes halogenated alkanes) is 1. The molecule has 124 valence electrons. The highest BCUT2D eigenvalue weighted by Gasteiger charge is 2.36. The van der Waals surface area contributed by atoms with Gasteiger partial charge in [-0.25, -0.2) is 0 Å². The molecule has 2 N–H and O–H groups in total. The Balaban J connectivity index is 2.65. The molecule has 1 aliphatic carbocycles. The first-order chi connectivity index (χ1) is 10.0. The van der Waals surface area contributed by atoms with Crippen LogP contribution >= 0.6 is 12.2 Å². The molecular formula is C18H36N2S. The van der Waals surface area contributed by atoms with Crippen molar-refractivity contribution in [3.63, 3.8) is 0 Å². The van der Waals surface area contributed by atoms with Crippen molar-refractivity contribution < 1.29 is 0 Å². The second-order valence-electron chi connectivity index (χ2n) is 7.11. The summed E-state index contributed by atoms with van der Waals surface area (Å²) >= 11 is 5.49. The zero-order valence-electron chi connectivity index (χ0n) is 14.7. The van der Waals surface area contributed by atoms with Gasteiger partial charge in [-0.3, -0.25) is 0 Å². The van der Waals surface area contributed by atoms with Gasteiger partial charge < -0.3 is 10.6 Å². The van der Waals surface area contributed by atoms with E-state index in [2.05, 4.69) is 45.3 Å². The first-order valence-corrected chi connectivity index (χ1v) is 9.49. The zero-order valence-corrected chi connectivity index (χ0v) is 15.6. The average Bonchev–Trinajstić information content (AvgIpc) is 2.44. The summed E-state index contributed by atoms with van der Waals surface area (Å²) in [6, 6.07) is 0.975. The van der Waals surface area contributed by atoms with Crippen molar-refractivity contribution in [1.29, 1.82) is 0 Å². The lowest BCUT2D eigenvalue weighted by atomic mass is 9.68. The monoisotopic (exact) mass is 312 g/mol. The molecule has 0 aromatic heterocycles. The Hall–Kier alpha value is -0.310. The summed E-state index contributed by atoms with van der Waals surface area (Å²) in [7, 11) is 0. The molecule has 21 heavy (non-hydrogen) atoms. The lowest BCUT2D eigenvalue weighted by molar-refractivity contribution is 0.132. The number of hydrogen-bond donors (Lipinski definition) is 2. The van der Waals surface area contributed by atoms with Crippen LogP contribution in [0, 0.1) is 17.8 Å². The minimum Gasteiger partial charge on any atom is -0.361 e. The maximum absolute atomic E-state index is 5.49. The molecule has 3 heteroatoms. The molecule has 0 spiro atoms. The molecule has 0 aliphatic heterocycles. The van der Waals surface area contributed by atoms with Gasteiger partial charge in [-0.1, -0.05) is 52.9 Å². The summed E-state index contributed by atoms with van der Waals surface area (Å²) in [6.45, 7) is 11.3. The molecule has 1 rings (SSSR count). The van der Waals surface area contributed by atoms with Crippen molar-refractivity contribution in [3.8, 4) is 0 Å². The van der Waals surface area contributed by atoms with Crippen LogP contribution in [-0.4, -0.2) is 17.2 Å². The van der Waals surface area contributed by atoms with Crippen molar-refractivity contribution in [3.05, 3.63) is 0 Å². The van der Waals surface area contributed by atoms with Crippen molar-refractivity contribution >= 4 is 17.3 Å². The van der Waals surface area contributed by atoms with E-state index in [4.69, 9.17) is 12.2 Å². The number of rotatable bonds is 7. The average molecular weight is 313 g/mol. The third kappa shape index (κ3) is 6.14. The van der Waals surface area contributed by atoms with Crippen molar-refractivity contribution in [2.75, 3.05) is 0 Å². The quantitative estimate of drug-likeness (QED) is 0.655. The predicted octanol–water partition coefficient (Wildman–Crippen LogP) is 4.88. The summed E-state index contributed by atoms with van der Waals surface area (Å²) in [5.41, 5.74) is 0. The van der Waals surface area contributed by atoms with Gasteiger partial charge in [-0.2, -0.15) is 0 Å². The van der Waals surface area contributed by atoms with Crippen molar-refractivity contribution in [1.82, 2.24) is 10.6 Å². The van der Waals surface area contributed by atoms with Gasteiger partial charge in [-0.05, 0) is 56.7 Å². The largest absolute Gasteiger partial charge is 0.361 e. The molecule has 2 unspecified atom stereocenters. The molecule has 0 aromatic rings. The molecule has 0 radical (unpaired) electrons. The minimum atomic E-state index is 0.408. The summed E-state index contributed by atoms with van der Waals surface area (Å²) in [5, 5.41) is 7.84. The fraction of sp³-hybridized carbons (Fsp3) is 0.944. The van der Waals surface area contributed by atoms with Gasteiger partial charge in [0.1, 0.15) is 0 Å². The SMILES string of the molecule is CCCCC1CC(CC)C(NC(=S)NC(C)C)C(CC)C1. The topological polar surface area (TPSA) is 24.1 Å². The van der Waals surface area contributed by atoms with E-state index < -0.39 is 0 Å². The van der Waals surface area contributed by atoms with E-state index in [0.717, 1.165) is 22.9 Å². The lowest BCUT2D eigenvalue weighted by Gasteiger charge is -2.43. The summed E-state index contributed by atoms with van der Waals surface area (Å²) < 4.78 is 0. The number of hydrogen-bond acceptors (Lipinski definition) is 1. The zero-order chi connectivity index (χ0) is 15.8. The molecule has 2 atom stereocenters. The Morgan fingerprint density at radius 2 is 1.67 bits per heavy atom. The van der Waals surface area contributed by atoms with Crippen LogP contribution in [0.2, 0.25) is 0 Å². The summed E-state index contributed by atoms with van der Waals surface area (Å²) in [5.74, 6) is 2.49. The van der Waals surface area contributed by atoms with Crippen LogP contribution in [-0.2, 0) is 0 Å². The van der Waals surface area contributed by atoms with E-state index >= 15 is 0 Å². The normalized spacial score (nSPS) is 29.4. The van der Waals surface area contributed by atoms with Gasteiger partial charge in [0, 0.05) is 12.1 Å². The molecule has 0 amide bonds. The highest BCUT2D eigenvalue weighted by atomic mass is 32.1. The Kier molecular flexibility index (Phi) is 8.62. The van der Waals surface area contributed by atoms with Gasteiger partial charge >= 0.3 is 0 Å². The maximum Gasteiger partial charge on any atom is 0.166 e. The second kappa shape index (κ2) is 9.66. The van der Waals surface area contributed by atoms with Crippen LogP contribution in [0.3, 0.4) is 0 Å². The molecule has 0 aromatic carbocycles. The molecule has 1 fully saturated rings. The number of nitrogens with one attached hydrogen (secondary N) is 2. The maximum atomic E-state index is 5.49. The number of thiocarbonyl (C=S) groups is 1. The van der Waals surface area contributed by atoms with E-state index in [-0.39, 0.29) is 0 Å². The Labute approximate surface area is 137 Å². The molecule has 0 saturated heterocycles. The fourth-order valence-electron chi connectivity index (χ4n) is 3.89. The van der Waals surface area contributed by atoms with Gasteiger partial charge in [0.05, 0.1) is 0 Å². The van der Waals surface area contributed by atoms with Gasteiger partial charge in [-0.15, -0.1) is 0 Å². The van der Waals surface area contributed by atoms with Crippen LogP contribution in [0.1, 0.15) is 79.6 Å². The van der Waals surface area contributed by atoms with E-state index in [1.807, 2.05) is 0 Å². The molecular weight excluding hydrogens is 276 g/mol. The van der Waals surface area contributed by atoms with E-state index in [9.17, 15) is 0 Å². The molecule has 0 bridgehead atoms.